The van der Waals surface area contributed by atoms with E-state index in [-0.39, 0.29) is 36.2 Å². The van der Waals surface area contributed by atoms with Gasteiger partial charge in [-0.15, -0.1) is 0 Å². The second kappa shape index (κ2) is 12.5. The number of nitrogens with one attached hydrogen (secondary N) is 1. The standard InChI is InChI=1S/C14H16F2N2O2.C9H17NO3/c1-9(19)20-8-10-6-13(16)14(7-12(10)15)18-4-2-11(17)3-5-18;1-7(2)13-9(12)10-5-3-8(11)4-6-10/h6-7,17H,2-5,8H2,1H3;7-8,11H,3-6H2,1-2H3. The molecule has 2 fully saturated rings. The highest BCUT2D eigenvalue weighted by Gasteiger charge is 2.23. The highest BCUT2D eigenvalue weighted by molar-refractivity contribution is 5.83. The SMILES string of the molecule is CC(=O)OCc1cc(F)c(N2CCC(=N)CC2)cc1F.CC(C)OC(=O)N1CCC(O)CC1. The minimum atomic E-state index is -0.594. The van der Waals surface area contributed by atoms with Gasteiger partial charge in [0.1, 0.15) is 18.2 Å². The molecule has 2 N–H and O–H groups in total. The Morgan fingerprint density at radius 1 is 1.12 bits per heavy atom. The molecule has 0 aromatic heterocycles. The summed E-state index contributed by atoms with van der Waals surface area (Å²) in [5.74, 6) is -1.67. The zero-order chi connectivity index (χ0) is 24.5. The van der Waals surface area contributed by atoms with Crippen molar-refractivity contribution in [3.05, 3.63) is 29.3 Å². The Kier molecular flexibility index (Phi) is 10.0. The fourth-order valence-electron chi connectivity index (χ4n) is 3.45. The van der Waals surface area contributed by atoms with Crippen LogP contribution in [0.5, 0.6) is 0 Å². The first-order valence-electron chi connectivity index (χ1n) is 11.1. The van der Waals surface area contributed by atoms with E-state index in [2.05, 4.69) is 4.74 Å². The average Bonchev–Trinajstić information content (AvgIpc) is 2.75. The Morgan fingerprint density at radius 2 is 1.73 bits per heavy atom. The molecule has 0 saturated carbocycles. The Bertz CT molecular complexity index is 832. The molecule has 0 unspecified atom stereocenters. The Morgan fingerprint density at radius 3 is 2.27 bits per heavy atom. The number of aliphatic hydroxyl groups is 1. The van der Waals surface area contributed by atoms with Crippen LogP contribution in [0.3, 0.4) is 0 Å². The average molecular weight is 470 g/mol. The molecule has 2 aliphatic rings. The normalized spacial score (nSPS) is 16.9. The molecule has 1 aromatic rings. The molecule has 0 bridgehead atoms. The van der Waals surface area contributed by atoms with Crippen LogP contribution in [-0.2, 0) is 20.9 Å². The van der Waals surface area contributed by atoms with Crippen molar-refractivity contribution in [2.24, 2.45) is 0 Å². The van der Waals surface area contributed by atoms with Crippen molar-refractivity contribution >= 4 is 23.5 Å². The number of likely N-dealkylation sites (tertiary alicyclic amines) is 1. The van der Waals surface area contributed by atoms with Crippen LogP contribution >= 0.6 is 0 Å². The fourth-order valence-corrected chi connectivity index (χ4v) is 3.45. The van der Waals surface area contributed by atoms with E-state index in [9.17, 15) is 23.5 Å². The molecule has 8 nitrogen and oxygen atoms in total. The maximum Gasteiger partial charge on any atom is 0.410 e. The molecule has 0 radical (unpaired) electrons. The molecule has 0 aliphatic carbocycles. The summed E-state index contributed by atoms with van der Waals surface area (Å²) in [7, 11) is 0. The van der Waals surface area contributed by atoms with Crippen LogP contribution in [0.4, 0.5) is 19.3 Å². The first-order chi connectivity index (χ1) is 15.6. The monoisotopic (exact) mass is 469 g/mol. The van der Waals surface area contributed by atoms with Gasteiger partial charge in [0.15, 0.2) is 0 Å². The highest BCUT2D eigenvalue weighted by Crippen LogP contribution is 2.26. The van der Waals surface area contributed by atoms with E-state index in [0.29, 0.717) is 57.6 Å². The Balaban J connectivity index is 0.000000257. The number of amides is 1. The number of rotatable bonds is 4. The fraction of sp³-hybridized carbons (Fsp3) is 0.609. The van der Waals surface area contributed by atoms with E-state index < -0.39 is 17.6 Å². The molecular weight excluding hydrogens is 436 g/mol. The number of esters is 1. The van der Waals surface area contributed by atoms with E-state index in [1.54, 1.807) is 9.80 Å². The number of anilines is 1. The van der Waals surface area contributed by atoms with Crippen LogP contribution in [0.1, 0.15) is 52.0 Å². The molecule has 1 aromatic carbocycles. The third-order valence-corrected chi connectivity index (χ3v) is 5.31. The van der Waals surface area contributed by atoms with Crippen molar-refractivity contribution < 1.29 is 33.0 Å². The van der Waals surface area contributed by atoms with Crippen molar-refractivity contribution in [1.82, 2.24) is 4.90 Å². The minimum Gasteiger partial charge on any atom is -0.461 e. The minimum absolute atomic E-state index is 0.0196. The molecule has 0 atom stereocenters. The van der Waals surface area contributed by atoms with Gasteiger partial charge in [0.2, 0.25) is 0 Å². The summed E-state index contributed by atoms with van der Waals surface area (Å²) in [4.78, 5) is 25.4. The second-order valence-electron chi connectivity index (χ2n) is 8.42. The topological polar surface area (TPSA) is 103 Å². The van der Waals surface area contributed by atoms with Gasteiger partial charge < -0.3 is 29.8 Å². The van der Waals surface area contributed by atoms with Crippen LogP contribution < -0.4 is 4.90 Å². The van der Waals surface area contributed by atoms with Gasteiger partial charge >= 0.3 is 12.1 Å². The van der Waals surface area contributed by atoms with E-state index in [1.165, 1.54) is 6.92 Å². The lowest BCUT2D eigenvalue weighted by Gasteiger charge is -2.29. The van der Waals surface area contributed by atoms with E-state index in [1.807, 2.05) is 13.8 Å². The smallest absolute Gasteiger partial charge is 0.410 e. The molecule has 2 saturated heterocycles. The summed E-state index contributed by atoms with van der Waals surface area (Å²) in [6.45, 7) is 6.83. The first-order valence-corrected chi connectivity index (χ1v) is 11.1. The van der Waals surface area contributed by atoms with Gasteiger partial charge in [-0.3, -0.25) is 4.79 Å². The van der Waals surface area contributed by atoms with Gasteiger partial charge in [0.25, 0.3) is 0 Å². The third-order valence-electron chi connectivity index (χ3n) is 5.31. The zero-order valence-electron chi connectivity index (χ0n) is 19.4. The van der Waals surface area contributed by atoms with Crippen molar-refractivity contribution in [2.75, 3.05) is 31.1 Å². The molecule has 10 heteroatoms. The summed E-state index contributed by atoms with van der Waals surface area (Å²) in [6, 6.07) is 2.19. The summed E-state index contributed by atoms with van der Waals surface area (Å²) in [5, 5.41) is 16.7. The van der Waals surface area contributed by atoms with Crippen molar-refractivity contribution in [1.29, 1.82) is 5.41 Å². The number of carbonyl (C=O) groups excluding carboxylic acids is 2. The lowest BCUT2D eigenvalue weighted by molar-refractivity contribution is -0.142. The van der Waals surface area contributed by atoms with E-state index in [4.69, 9.17) is 10.1 Å². The number of carbonyl (C=O) groups is 2. The molecular formula is C23H33F2N3O5. The quantitative estimate of drug-likeness (QED) is 0.653. The summed E-state index contributed by atoms with van der Waals surface area (Å²) >= 11 is 0. The van der Waals surface area contributed by atoms with E-state index >= 15 is 0 Å². The number of hydrogen-bond donors (Lipinski definition) is 2. The van der Waals surface area contributed by atoms with Gasteiger partial charge in [-0.25, -0.2) is 13.6 Å². The number of halogens is 2. The number of nitrogens with zero attached hydrogens (tertiary/aromatic N) is 2. The molecule has 3 rings (SSSR count). The highest BCUT2D eigenvalue weighted by atomic mass is 19.1. The van der Waals surface area contributed by atoms with Gasteiger partial charge in [-0.05, 0) is 32.8 Å². The number of ether oxygens (including phenoxy) is 2. The first kappa shape index (κ1) is 26.5. The van der Waals surface area contributed by atoms with Crippen LogP contribution in [0, 0.1) is 17.0 Å². The summed E-state index contributed by atoms with van der Waals surface area (Å²) < 4.78 is 37.6. The number of piperidine rings is 2. The zero-order valence-corrected chi connectivity index (χ0v) is 19.4. The van der Waals surface area contributed by atoms with Crippen molar-refractivity contribution in [2.45, 2.75) is 65.3 Å². The number of benzene rings is 1. The molecule has 33 heavy (non-hydrogen) atoms. The largest absolute Gasteiger partial charge is 0.461 e. The second-order valence-corrected chi connectivity index (χ2v) is 8.42. The van der Waals surface area contributed by atoms with Gasteiger partial charge in [0.05, 0.1) is 17.9 Å². The molecule has 184 valence electrons. The Labute approximate surface area is 193 Å². The van der Waals surface area contributed by atoms with Crippen LogP contribution in [0.15, 0.2) is 12.1 Å². The third kappa shape index (κ3) is 8.60. The lowest BCUT2D eigenvalue weighted by Crippen LogP contribution is -2.41. The predicted octanol–water partition coefficient (Wildman–Crippen LogP) is 3.64. The van der Waals surface area contributed by atoms with Gasteiger partial charge in [-0.1, -0.05) is 0 Å². The summed E-state index contributed by atoms with van der Waals surface area (Å²) in [5.41, 5.74) is 0.849. The Hall–Kier alpha value is -2.75. The molecule has 2 heterocycles. The van der Waals surface area contributed by atoms with Crippen LogP contribution in [0.2, 0.25) is 0 Å². The lowest BCUT2D eigenvalue weighted by atomic mass is 10.1. The molecule has 0 spiro atoms. The van der Waals surface area contributed by atoms with Crippen molar-refractivity contribution in [3.63, 3.8) is 0 Å². The maximum absolute atomic E-state index is 14.0. The van der Waals surface area contributed by atoms with Crippen LogP contribution in [-0.4, -0.2) is 66.2 Å². The molecule has 2 aliphatic heterocycles. The van der Waals surface area contributed by atoms with Gasteiger partial charge in [-0.2, -0.15) is 0 Å². The van der Waals surface area contributed by atoms with Crippen molar-refractivity contribution in [3.8, 4) is 0 Å². The number of aliphatic hydroxyl groups excluding tert-OH is 1. The molecule has 1 amide bonds. The maximum atomic E-state index is 14.0. The summed E-state index contributed by atoms with van der Waals surface area (Å²) in [6.07, 6.45) is 1.87. The van der Waals surface area contributed by atoms with Crippen LogP contribution in [0.25, 0.3) is 0 Å². The predicted molar refractivity (Wildman–Crippen MR) is 119 cm³/mol. The van der Waals surface area contributed by atoms with Gasteiger partial charge in [0, 0.05) is 63.3 Å². The number of hydrogen-bond acceptors (Lipinski definition) is 7. The van der Waals surface area contributed by atoms with E-state index in [0.717, 1.165) is 12.1 Å².